The number of carbonyl (C=O) groups is 2. The Balaban J connectivity index is 2.87. The number of sulfone groups is 1. The molecule has 0 spiro atoms. The first-order valence-corrected chi connectivity index (χ1v) is 7.41. The van der Waals surface area contributed by atoms with Gasteiger partial charge in [0, 0.05) is 25.9 Å². The number of carbonyl (C=O) groups excluding carboxylic acids is 2. The Labute approximate surface area is 112 Å². The first kappa shape index (κ1) is 15.2. The molecule has 0 fully saturated rings. The van der Waals surface area contributed by atoms with Crippen LogP contribution in [0.25, 0.3) is 0 Å². The zero-order valence-electron chi connectivity index (χ0n) is 11.0. The van der Waals surface area contributed by atoms with Gasteiger partial charge >= 0.3 is 0 Å². The third kappa shape index (κ3) is 4.06. The van der Waals surface area contributed by atoms with Crippen molar-refractivity contribution in [3.05, 3.63) is 29.8 Å². The molecule has 0 aromatic heterocycles. The van der Waals surface area contributed by atoms with E-state index in [1.54, 1.807) is 0 Å². The second-order valence-corrected chi connectivity index (χ2v) is 6.15. The molecular weight excluding hydrogens is 268 g/mol. The van der Waals surface area contributed by atoms with Crippen LogP contribution in [0, 0.1) is 0 Å². The normalized spacial score (nSPS) is 10.9. The van der Waals surface area contributed by atoms with E-state index in [1.165, 1.54) is 43.3 Å². The Morgan fingerprint density at radius 3 is 2.16 bits per heavy atom. The number of nitrogens with one attached hydrogen (secondary N) is 1. The molecular formula is C12H16N2O4S. The fraction of sp³-hybridized carbons (Fsp3) is 0.333. The number of hydrogen-bond donors (Lipinski definition) is 1. The van der Waals surface area contributed by atoms with Crippen molar-refractivity contribution < 1.29 is 18.0 Å². The van der Waals surface area contributed by atoms with Gasteiger partial charge in [-0.3, -0.25) is 9.59 Å². The fourth-order valence-electron chi connectivity index (χ4n) is 1.43. The van der Waals surface area contributed by atoms with Crippen molar-refractivity contribution in [2.24, 2.45) is 0 Å². The van der Waals surface area contributed by atoms with Crippen LogP contribution in [0.5, 0.6) is 0 Å². The summed E-state index contributed by atoms with van der Waals surface area (Å²) >= 11 is 0. The molecule has 1 N–H and O–H groups in total. The maximum Gasteiger partial charge on any atom is 0.254 e. The van der Waals surface area contributed by atoms with Crippen molar-refractivity contribution in [3.8, 4) is 0 Å². The van der Waals surface area contributed by atoms with Crippen molar-refractivity contribution in [1.29, 1.82) is 0 Å². The lowest BCUT2D eigenvalue weighted by atomic mass is 10.2. The summed E-state index contributed by atoms with van der Waals surface area (Å²) in [5.41, 5.74) is 0.332. The average molecular weight is 284 g/mol. The number of amides is 2. The van der Waals surface area contributed by atoms with Crippen molar-refractivity contribution in [1.82, 2.24) is 10.2 Å². The summed E-state index contributed by atoms with van der Waals surface area (Å²) in [5, 5.41) is 2.42. The molecule has 0 radical (unpaired) electrons. The lowest BCUT2D eigenvalue weighted by molar-refractivity contribution is -0.121. The van der Waals surface area contributed by atoms with E-state index < -0.39 is 9.84 Å². The smallest absolute Gasteiger partial charge is 0.254 e. The third-order valence-corrected chi connectivity index (χ3v) is 3.66. The minimum Gasteiger partial charge on any atom is -0.358 e. The standard InChI is InChI=1S/C12H16N2O4S/c1-13-11(15)8-14(2)12(16)9-4-6-10(7-5-9)19(3,17)18/h4-7H,8H2,1-3H3,(H,13,15). The molecule has 0 heterocycles. The number of rotatable bonds is 4. The van der Waals surface area contributed by atoms with Gasteiger partial charge in [0.2, 0.25) is 5.91 Å². The lowest BCUT2D eigenvalue weighted by Crippen LogP contribution is -2.36. The maximum atomic E-state index is 12.0. The molecule has 0 aliphatic rings. The number of nitrogens with zero attached hydrogens (tertiary/aromatic N) is 1. The molecule has 1 rings (SSSR count). The van der Waals surface area contributed by atoms with Gasteiger partial charge in [-0.2, -0.15) is 0 Å². The molecule has 6 nitrogen and oxygen atoms in total. The summed E-state index contributed by atoms with van der Waals surface area (Å²) in [6.07, 6.45) is 1.10. The van der Waals surface area contributed by atoms with Gasteiger partial charge in [-0.1, -0.05) is 0 Å². The molecule has 1 aromatic carbocycles. The van der Waals surface area contributed by atoms with E-state index in [-0.39, 0.29) is 23.3 Å². The summed E-state index contributed by atoms with van der Waals surface area (Å²) < 4.78 is 22.6. The van der Waals surface area contributed by atoms with Crippen LogP contribution in [0.15, 0.2) is 29.2 Å². The second kappa shape index (κ2) is 5.83. The summed E-state index contributed by atoms with van der Waals surface area (Å²) in [5.74, 6) is -0.618. The Kier molecular flexibility index (Phi) is 4.66. The Bertz CT molecular complexity index is 578. The molecule has 0 aliphatic heterocycles. The Morgan fingerprint density at radius 1 is 1.21 bits per heavy atom. The maximum absolute atomic E-state index is 12.0. The molecule has 7 heteroatoms. The van der Waals surface area contributed by atoms with Crippen molar-refractivity contribution in [2.45, 2.75) is 4.90 Å². The van der Waals surface area contributed by atoms with E-state index in [4.69, 9.17) is 0 Å². The van der Waals surface area contributed by atoms with E-state index in [1.807, 2.05) is 0 Å². The number of hydrogen-bond acceptors (Lipinski definition) is 4. The summed E-state index contributed by atoms with van der Waals surface area (Å²) in [6.45, 7) is -0.0524. The van der Waals surface area contributed by atoms with Gasteiger partial charge in [-0.05, 0) is 24.3 Å². The van der Waals surface area contributed by atoms with E-state index in [0.29, 0.717) is 5.56 Å². The van der Waals surface area contributed by atoms with Crippen LogP contribution in [0.2, 0.25) is 0 Å². The summed E-state index contributed by atoms with van der Waals surface area (Å²) in [4.78, 5) is 24.5. The van der Waals surface area contributed by atoms with Gasteiger partial charge in [0.25, 0.3) is 5.91 Å². The lowest BCUT2D eigenvalue weighted by Gasteiger charge is -2.16. The van der Waals surface area contributed by atoms with Gasteiger partial charge in [-0.25, -0.2) is 8.42 Å². The predicted octanol–water partition coefficient (Wildman–Crippen LogP) is -0.0919. The summed E-state index contributed by atoms with van der Waals surface area (Å²) in [6, 6.07) is 5.60. The third-order valence-electron chi connectivity index (χ3n) is 2.54. The highest BCUT2D eigenvalue weighted by atomic mass is 32.2. The van der Waals surface area contributed by atoms with Crippen LogP contribution >= 0.6 is 0 Å². The van der Waals surface area contributed by atoms with Gasteiger partial charge in [0.15, 0.2) is 9.84 Å². The molecule has 19 heavy (non-hydrogen) atoms. The average Bonchev–Trinajstić information content (AvgIpc) is 2.36. The Hall–Kier alpha value is -1.89. The zero-order valence-corrected chi connectivity index (χ0v) is 11.8. The first-order valence-electron chi connectivity index (χ1n) is 5.52. The van der Waals surface area contributed by atoms with Crippen LogP contribution < -0.4 is 5.32 Å². The van der Waals surface area contributed by atoms with Crippen LogP contribution in [0.1, 0.15) is 10.4 Å². The van der Waals surface area contributed by atoms with Gasteiger partial charge in [0.05, 0.1) is 11.4 Å². The highest BCUT2D eigenvalue weighted by molar-refractivity contribution is 7.90. The number of benzene rings is 1. The largest absolute Gasteiger partial charge is 0.358 e. The van der Waals surface area contributed by atoms with E-state index in [2.05, 4.69) is 5.32 Å². The van der Waals surface area contributed by atoms with Gasteiger partial charge in [0.1, 0.15) is 0 Å². The van der Waals surface area contributed by atoms with Crippen molar-refractivity contribution in [2.75, 3.05) is 26.9 Å². The van der Waals surface area contributed by atoms with Crippen molar-refractivity contribution >= 4 is 21.7 Å². The van der Waals surface area contributed by atoms with E-state index >= 15 is 0 Å². The highest BCUT2D eigenvalue weighted by Crippen LogP contribution is 2.11. The summed E-state index contributed by atoms with van der Waals surface area (Å²) in [7, 11) is -0.288. The Morgan fingerprint density at radius 2 is 1.74 bits per heavy atom. The fourth-order valence-corrected chi connectivity index (χ4v) is 2.06. The quantitative estimate of drug-likeness (QED) is 0.837. The van der Waals surface area contributed by atoms with Gasteiger partial charge in [-0.15, -0.1) is 0 Å². The van der Waals surface area contributed by atoms with Crippen molar-refractivity contribution in [3.63, 3.8) is 0 Å². The minimum absolute atomic E-state index is 0.0524. The SMILES string of the molecule is CNC(=O)CN(C)C(=O)c1ccc(S(C)(=O)=O)cc1. The molecule has 0 unspecified atom stereocenters. The second-order valence-electron chi connectivity index (χ2n) is 4.13. The van der Waals surface area contributed by atoms with Crippen LogP contribution in [0.3, 0.4) is 0 Å². The highest BCUT2D eigenvalue weighted by Gasteiger charge is 2.15. The number of likely N-dealkylation sites (N-methyl/N-ethyl adjacent to an activating group) is 2. The first-order chi connectivity index (χ1) is 8.75. The van der Waals surface area contributed by atoms with Crippen LogP contribution in [-0.2, 0) is 14.6 Å². The van der Waals surface area contributed by atoms with E-state index in [9.17, 15) is 18.0 Å². The van der Waals surface area contributed by atoms with Crippen LogP contribution in [0.4, 0.5) is 0 Å². The van der Waals surface area contributed by atoms with Gasteiger partial charge < -0.3 is 10.2 Å². The monoisotopic (exact) mass is 284 g/mol. The molecule has 0 aliphatic carbocycles. The molecule has 0 bridgehead atoms. The molecule has 0 atom stereocenters. The molecule has 0 saturated heterocycles. The van der Waals surface area contributed by atoms with Crippen LogP contribution in [-0.4, -0.2) is 52.0 Å². The molecule has 104 valence electrons. The molecule has 1 aromatic rings. The minimum atomic E-state index is -3.28. The zero-order chi connectivity index (χ0) is 14.6. The predicted molar refractivity (Wildman–Crippen MR) is 70.6 cm³/mol. The topological polar surface area (TPSA) is 83.6 Å². The molecule has 2 amide bonds. The van der Waals surface area contributed by atoms with E-state index in [0.717, 1.165) is 6.26 Å². The molecule has 0 saturated carbocycles.